The maximum atomic E-state index is 14.4. The van der Waals surface area contributed by atoms with Gasteiger partial charge in [-0.3, -0.25) is 53.1 Å². The Morgan fingerprint density at radius 3 is 1.51 bits per heavy atom. The Balaban J connectivity index is 1.08. The zero-order chi connectivity index (χ0) is 63.9. The molecule has 476 valence electrons. The Bertz CT molecular complexity index is 2970. The number of carboxylic acid groups (broad SMARTS) is 1. The van der Waals surface area contributed by atoms with Gasteiger partial charge in [0.1, 0.15) is 54.1 Å². The number of benzene rings is 3. The van der Waals surface area contributed by atoms with E-state index in [1.54, 1.807) is 72.8 Å². The topological polar surface area (TPSA) is 468 Å². The molecule has 9 atom stereocenters. The minimum absolute atomic E-state index is 0.0315. The molecule has 0 aromatic heterocycles. The molecule has 0 spiro atoms. The molecule has 0 saturated carbocycles. The van der Waals surface area contributed by atoms with Gasteiger partial charge < -0.3 is 90.6 Å². The van der Waals surface area contributed by atoms with Crippen LogP contribution in [-0.2, 0) is 67.2 Å². The number of carboxylic acids is 1. The number of aliphatic hydroxyl groups is 1. The summed E-state index contributed by atoms with van der Waals surface area (Å²) in [7, 11) is 0. The second-order valence-corrected chi connectivity index (χ2v) is 21.9. The third kappa shape index (κ3) is 20.1. The molecule has 19 N–H and O–H groups in total. The van der Waals surface area contributed by atoms with E-state index in [1.807, 2.05) is 0 Å². The van der Waals surface area contributed by atoms with Crippen LogP contribution in [0.1, 0.15) is 80.9 Å². The fraction of sp³-hybridized carbons (Fsp3) is 0.492. The van der Waals surface area contributed by atoms with Crippen LogP contribution in [0.25, 0.3) is 0 Å². The number of likely N-dealkylation sites (tertiary alicyclic amines) is 3. The number of carbonyl (C=O) groups is 10. The number of nitrogens with one attached hydrogen (secondary N) is 6. The van der Waals surface area contributed by atoms with Crippen LogP contribution >= 0.6 is 0 Å². The molecule has 3 aromatic rings. The van der Waals surface area contributed by atoms with Gasteiger partial charge in [0.15, 0.2) is 11.9 Å². The van der Waals surface area contributed by atoms with E-state index in [4.69, 9.17) is 28.7 Å². The molecule has 29 heteroatoms. The minimum atomic E-state index is -1.62. The van der Waals surface area contributed by atoms with E-state index in [1.165, 1.54) is 26.8 Å². The summed E-state index contributed by atoms with van der Waals surface area (Å²) in [6.45, 7) is -0.919. The van der Waals surface area contributed by atoms with Crippen LogP contribution in [0, 0.1) is 0 Å². The molecule has 0 bridgehead atoms. The van der Waals surface area contributed by atoms with Crippen LogP contribution in [0.15, 0.2) is 94.9 Å². The first-order valence-corrected chi connectivity index (χ1v) is 29.4. The lowest BCUT2D eigenvalue weighted by atomic mass is 10.0. The normalized spacial score (nSPS) is 18.2. The van der Waals surface area contributed by atoms with E-state index in [0.717, 1.165) is 0 Å². The Morgan fingerprint density at radius 2 is 0.977 bits per heavy atom. The first-order chi connectivity index (χ1) is 42.1. The van der Waals surface area contributed by atoms with Gasteiger partial charge in [-0.05, 0) is 99.5 Å². The number of aromatic hydroxyl groups is 1. The van der Waals surface area contributed by atoms with Gasteiger partial charge in [0.25, 0.3) is 0 Å². The molecule has 3 aromatic carbocycles. The number of phenolic OH excluding ortho intramolecular Hbond substituents is 1. The number of nitrogens with two attached hydrogens (primary N) is 5. The van der Waals surface area contributed by atoms with Crippen LogP contribution in [0.3, 0.4) is 0 Å². The van der Waals surface area contributed by atoms with Crippen LogP contribution in [0.2, 0.25) is 0 Å². The van der Waals surface area contributed by atoms with Crippen LogP contribution < -0.4 is 60.6 Å². The van der Waals surface area contributed by atoms with Gasteiger partial charge in [-0.1, -0.05) is 72.8 Å². The van der Waals surface area contributed by atoms with Crippen LogP contribution in [0.4, 0.5) is 0 Å². The smallest absolute Gasteiger partial charge is 0.326 e. The van der Waals surface area contributed by atoms with E-state index in [0.29, 0.717) is 36.0 Å². The Morgan fingerprint density at radius 1 is 0.523 bits per heavy atom. The number of nitrogens with zero attached hydrogens (tertiary/aromatic N) is 5. The van der Waals surface area contributed by atoms with Gasteiger partial charge in [-0.25, -0.2) is 4.79 Å². The molecular weight excluding hydrogens is 1140 g/mol. The van der Waals surface area contributed by atoms with Gasteiger partial charge in [0.2, 0.25) is 53.2 Å². The summed E-state index contributed by atoms with van der Waals surface area (Å²) in [5.41, 5.74) is 29.9. The number of aliphatic hydroxyl groups excluding tert-OH is 1. The highest BCUT2D eigenvalue weighted by Crippen LogP contribution is 2.27. The van der Waals surface area contributed by atoms with E-state index in [9.17, 15) is 63.3 Å². The molecule has 3 aliphatic rings. The van der Waals surface area contributed by atoms with Crippen molar-refractivity contribution in [2.45, 2.75) is 138 Å². The quantitative estimate of drug-likeness (QED) is 0.0168. The lowest BCUT2D eigenvalue weighted by molar-refractivity contribution is -0.148. The van der Waals surface area contributed by atoms with Gasteiger partial charge in [0.05, 0.1) is 19.2 Å². The first-order valence-electron chi connectivity index (χ1n) is 29.4. The van der Waals surface area contributed by atoms with Gasteiger partial charge >= 0.3 is 5.97 Å². The highest BCUT2D eigenvalue weighted by molar-refractivity contribution is 5.98. The highest BCUT2D eigenvalue weighted by Gasteiger charge is 2.44. The summed E-state index contributed by atoms with van der Waals surface area (Å²) < 4.78 is 0. The van der Waals surface area contributed by atoms with Crippen molar-refractivity contribution in [3.63, 3.8) is 0 Å². The molecule has 29 nitrogen and oxygen atoms in total. The second-order valence-electron chi connectivity index (χ2n) is 21.9. The Kier molecular flexibility index (Phi) is 25.8. The largest absolute Gasteiger partial charge is 0.508 e. The molecule has 3 saturated heterocycles. The zero-order valence-electron chi connectivity index (χ0n) is 49.0. The average molecular weight is 1220 g/mol. The number of hydrogen-bond donors (Lipinski definition) is 14. The molecule has 3 fully saturated rings. The maximum Gasteiger partial charge on any atom is 0.326 e. The fourth-order valence-corrected chi connectivity index (χ4v) is 10.9. The van der Waals surface area contributed by atoms with E-state index in [2.05, 4.69) is 41.9 Å². The molecule has 9 amide bonds. The molecule has 6 rings (SSSR count). The summed E-state index contributed by atoms with van der Waals surface area (Å²) in [6, 6.07) is 12.4. The average Bonchev–Trinajstić information content (AvgIpc) is 3.52. The SMILES string of the molecule is NC(N)=NCCC[C@H](NC(=O)[C@H](Cc1ccccc1)NC(=O)[C@@H]1CCCN1C(=O)[C@H](CO)NC(=O)[C@H](Cc1ccccc1)NC(=O)CNC(=O)[C@@H]1CCCN1C(=O)[C@@H]1CCCN1C(=O)[C@H](CCCN=C(N)N)NC(=O)[C@@H](N)Cc1ccc(O)cc1)C(=O)O. The Hall–Kier alpha value is -9.38. The zero-order valence-corrected chi connectivity index (χ0v) is 49.0. The number of aliphatic imine (C=N–C) groups is 2. The summed E-state index contributed by atoms with van der Waals surface area (Å²) >= 11 is 0. The summed E-state index contributed by atoms with van der Waals surface area (Å²) in [6.07, 6.45) is 2.37. The molecule has 3 heterocycles. The fourth-order valence-electron chi connectivity index (χ4n) is 10.9. The van der Waals surface area contributed by atoms with E-state index < -0.39 is 127 Å². The lowest BCUT2D eigenvalue weighted by Gasteiger charge is -2.33. The lowest BCUT2D eigenvalue weighted by Crippen LogP contribution is -2.60. The predicted molar refractivity (Wildman–Crippen MR) is 321 cm³/mol. The molecular formula is C59H82N16O13. The van der Waals surface area contributed by atoms with Crippen molar-refractivity contribution in [3.05, 3.63) is 102 Å². The molecule has 0 unspecified atom stereocenters. The monoisotopic (exact) mass is 1220 g/mol. The minimum Gasteiger partial charge on any atom is -0.508 e. The summed E-state index contributed by atoms with van der Waals surface area (Å²) in [5.74, 6) is -8.04. The van der Waals surface area contributed by atoms with Gasteiger partial charge in [-0.2, -0.15) is 0 Å². The third-order valence-electron chi connectivity index (χ3n) is 15.4. The number of guanidine groups is 2. The van der Waals surface area contributed by atoms with Crippen molar-refractivity contribution in [2.24, 2.45) is 38.7 Å². The highest BCUT2D eigenvalue weighted by atomic mass is 16.4. The number of carbonyl (C=O) groups excluding carboxylic acids is 9. The number of aliphatic carboxylic acids is 1. The molecule has 0 radical (unpaired) electrons. The van der Waals surface area contributed by atoms with E-state index >= 15 is 0 Å². The number of rotatable bonds is 31. The predicted octanol–water partition coefficient (Wildman–Crippen LogP) is -3.56. The van der Waals surface area contributed by atoms with Gasteiger partial charge in [0, 0.05) is 45.6 Å². The standard InChI is InChI=1S/C59H82N16O13/c60-39(30-37-21-23-38(77)24-22-37)49(79)69-40(16-7-25-65-58(61)62)54(84)75-29-11-20-47(75)56(86)74-28-9-18-45(74)52(82)67-33-48(78)68-42(31-35-12-3-1-4-13-35)50(80)72-44(34-76)55(85)73-27-10-19-46(73)53(83)71-43(32-36-14-5-2-6-15-36)51(81)70-41(57(87)88)17-8-26-66-59(63)64/h1-6,12-15,21-24,39-47,76-77H,7-11,16-20,25-34,60H2,(H,67,82)(H,68,78)(H,69,79)(H,70,81)(H,71,83)(H,72,80)(H,87,88)(H4,61,62,65)(H4,63,64,66)/t39-,40-,41-,42-,43-,44-,45-,46-,47-/m0/s1. The van der Waals surface area contributed by atoms with Gasteiger partial charge in [-0.15, -0.1) is 0 Å². The van der Waals surface area contributed by atoms with Crippen molar-refractivity contribution in [3.8, 4) is 5.75 Å². The number of hydrogen-bond acceptors (Lipinski definition) is 15. The third-order valence-corrected chi connectivity index (χ3v) is 15.4. The van der Waals surface area contributed by atoms with Crippen LogP contribution in [-0.4, -0.2) is 201 Å². The molecule has 3 aliphatic heterocycles. The molecule has 88 heavy (non-hydrogen) atoms. The second kappa shape index (κ2) is 33.5. The molecule has 0 aliphatic carbocycles. The van der Waals surface area contributed by atoms with E-state index in [-0.39, 0.29) is 115 Å². The van der Waals surface area contributed by atoms with Crippen molar-refractivity contribution in [1.82, 2.24) is 46.6 Å². The Labute approximate surface area is 509 Å². The maximum absolute atomic E-state index is 14.4. The van der Waals surface area contributed by atoms with Crippen molar-refractivity contribution >= 4 is 71.1 Å². The number of amides is 9. The van der Waals surface area contributed by atoms with Crippen molar-refractivity contribution < 1.29 is 63.3 Å². The summed E-state index contributed by atoms with van der Waals surface area (Å²) in [5, 5.41) is 45.8. The van der Waals surface area contributed by atoms with Crippen molar-refractivity contribution in [1.29, 1.82) is 0 Å². The number of phenols is 1. The first kappa shape index (κ1) is 67.7. The van der Waals surface area contributed by atoms with Crippen LogP contribution in [0.5, 0.6) is 5.75 Å². The summed E-state index contributed by atoms with van der Waals surface area (Å²) in [4.78, 5) is 150. The van der Waals surface area contributed by atoms with Crippen molar-refractivity contribution in [2.75, 3.05) is 45.9 Å².